The summed E-state index contributed by atoms with van der Waals surface area (Å²) >= 11 is 0. The second kappa shape index (κ2) is 6.46. The van der Waals surface area contributed by atoms with E-state index in [0.717, 1.165) is 12.8 Å². The molecule has 0 bridgehead atoms. The Labute approximate surface area is 114 Å². The molecule has 1 aliphatic heterocycles. The van der Waals surface area contributed by atoms with E-state index in [0.29, 0.717) is 13.2 Å². The number of hydrogen-bond donors (Lipinski definition) is 0. The standard InChI is InChI=1S/C14H21NO4/c1-5-18-12(16)9-8-11-7-6-10-15(11)13(17)19-14(2,3)4/h11H,5-7,10H2,1-4H3. The monoisotopic (exact) mass is 267 g/mol. The molecule has 1 rings (SSSR count). The first-order chi connectivity index (χ1) is 8.83. The van der Waals surface area contributed by atoms with Gasteiger partial charge in [0.25, 0.3) is 0 Å². The van der Waals surface area contributed by atoms with E-state index in [4.69, 9.17) is 9.47 Å². The Balaban J connectivity index is 2.64. The molecule has 1 atom stereocenters. The largest absolute Gasteiger partial charge is 0.456 e. The Morgan fingerprint density at radius 2 is 2.05 bits per heavy atom. The van der Waals surface area contributed by atoms with Crippen LogP contribution in [0, 0.1) is 11.8 Å². The number of hydrogen-bond acceptors (Lipinski definition) is 4. The minimum Gasteiger partial charge on any atom is -0.456 e. The van der Waals surface area contributed by atoms with E-state index < -0.39 is 11.6 Å². The molecule has 0 aromatic carbocycles. The zero-order chi connectivity index (χ0) is 14.5. The van der Waals surface area contributed by atoms with Crippen LogP contribution in [0.4, 0.5) is 4.79 Å². The highest BCUT2D eigenvalue weighted by Crippen LogP contribution is 2.20. The van der Waals surface area contributed by atoms with Crippen LogP contribution in [0.2, 0.25) is 0 Å². The molecule has 5 nitrogen and oxygen atoms in total. The molecule has 0 spiro atoms. The first kappa shape index (κ1) is 15.4. The lowest BCUT2D eigenvalue weighted by atomic mass is 10.2. The molecule has 1 aliphatic rings. The lowest BCUT2D eigenvalue weighted by Crippen LogP contribution is -2.39. The second-order valence-electron chi connectivity index (χ2n) is 5.32. The Bertz CT molecular complexity index is 400. The summed E-state index contributed by atoms with van der Waals surface area (Å²) in [6.07, 6.45) is 1.24. The number of ether oxygens (including phenoxy) is 2. The fourth-order valence-electron chi connectivity index (χ4n) is 1.77. The van der Waals surface area contributed by atoms with E-state index in [1.807, 2.05) is 20.8 Å². The zero-order valence-electron chi connectivity index (χ0n) is 12.0. The lowest BCUT2D eigenvalue weighted by molar-refractivity contribution is -0.136. The van der Waals surface area contributed by atoms with Crippen molar-refractivity contribution in [2.45, 2.75) is 52.2 Å². The van der Waals surface area contributed by atoms with Crippen molar-refractivity contribution in [2.75, 3.05) is 13.2 Å². The van der Waals surface area contributed by atoms with Gasteiger partial charge in [-0.05, 0) is 40.5 Å². The maximum absolute atomic E-state index is 12.0. The first-order valence-electron chi connectivity index (χ1n) is 6.51. The van der Waals surface area contributed by atoms with E-state index in [1.165, 1.54) is 0 Å². The van der Waals surface area contributed by atoms with Crippen LogP contribution in [0.15, 0.2) is 0 Å². The summed E-state index contributed by atoms with van der Waals surface area (Å²) < 4.78 is 10.0. The van der Waals surface area contributed by atoms with E-state index in [9.17, 15) is 9.59 Å². The maximum Gasteiger partial charge on any atom is 0.411 e. The highest BCUT2D eigenvalue weighted by Gasteiger charge is 2.31. The number of esters is 1. The number of carbonyl (C=O) groups is 2. The van der Waals surface area contributed by atoms with Crippen molar-refractivity contribution in [1.29, 1.82) is 0 Å². The summed E-state index contributed by atoms with van der Waals surface area (Å²) in [6.45, 7) is 8.09. The third-order valence-corrected chi connectivity index (χ3v) is 2.50. The van der Waals surface area contributed by atoms with Crippen molar-refractivity contribution >= 4 is 12.1 Å². The third-order valence-electron chi connectivity index (χ3n) is 2.50. The third kappa shape index (κ3) is 5.21. The average Bonchev–Trinajstić information content (AvgIpc) is 2.72. The van der Waals surface area contributed by atoms with E-state index >= 15 is 0 Å². The number of amides is 1. The van der Waals surface area contributed by atoms with Gasteiger partial charge in [0.05, 0.1) is 12.6 Å². The molecule has 1 heterocycles. The van der Waals surface area contributed by atoms with Gasteiger partial charge in [-0.25, -0.2) is 9.59 Å². The molecule has 0 N–H and O–H groups in total. The Morgan fingerprint density at radius 1 is 1.37 bits per heavy atom. The maximum atomic E-state index is 12.0. The summed E-state index contributed by atoms with van der Waals surface area (Å²) in [5.41, 5.74) is -0.529. The minimum atomic E-state index is -0.557. The van der Waals surface area contributed by atoms with Gasteiger partial charge in [0, 0.05) is 12.5 Å². The topological polar surface area (TPSA) is 55.8 Å². The van der Waals surface area contributed by atoms with Crippen LogP contribution in [-0.2, 0) is 14.3 Å². The van der Waals surface area contributed by atoms with Crippen LogP contribution in [0.1, 0.15) is 40.5 Å². The number of nitrogens with zero attached hydrogens (tertiary/aromatic N) is 1. The van der Waals surface area contributed by atoms with Crippen molar-refractivity contribution in [1.82, 2.24) is 4.90 Å². The molecule has 1 saturated heterocycles. The van der Waals surface area contributed by atoms with Crippen molar-refractivity contribution in [3.05, 3.63) is 0 Å². The van der Waals surface area contributed by atoms with Crippen LogP contribution >= 0.6 is 0 Å². The van der Waals surface area contributed by atoms with Gasteiger partial charge in [-0.2, -0.15) is 0 Å². The van der Waals surface area contributed by atoms with Gasteiger partial charge in [0.15, 0.2) is 0 Å². The normalized spacial score (nSPS) is 18.5. The molecule has 1 unspecified atom stereocenters. The van der Waals surface area contributed by atoms with E-state index in [-0.39, 0.29) is 12.1 Å². The van der Waals surface area contributed by atoms with Crippen molar-refractivity contribution < 1.29 is 19.1 Å². The highest BCUT2D eigenvalue weighted by molar-refractivity contribution is 5.88. The number of carbonyl (C=O) groups excluding carboxylic acids is 2. The SMILES string of the molecule is CCOC(=O)C#CC1CCCN1C(=O)OC(C)(C)C. The van der Waals surface area contributed by atoms with Gasteiger partial charge < -0.3 is 9.47 Å². The lowest BCUT2D eigenvalue weighted by Gasteiger charge is -2.26. The van der Waals surface area contributed by atoms with Gasteiger partial charge in [-0.3, -0.25) is 4.90 Å². The summed E-state index contributed by atoms with van der Waals surface area (Å²) in [7, 11) is 0. The summed E-state index contributed by atoms with van der Waals surface area (Å²) in [4.78, 5) is 24.7. The first-order valence-corrected chi connectivity index (χ1v) is 6.51. The molecule has 0 aromatic heterocycles. The molecule has 1 fully saturated rings. The van der Waals surface area contributed by atoms with Gasteiger partial charge in [-0.15, -0.1) is 0 Å². The van der Waals surface area contributed by atoms with Crippen LogP contribution in [0.25, 0.3) is 0 Å². The molecular weight excluding hydrogens is 246 g/mol. The number of rotatable bonds is 1. The van der Waals surface area contributed by atoms with Gasteiger partial charge >= 0.3 is 12.1 Å². The van der Waals surface area contributed by atoms with Crippen molar-refractivity contribution in [3.8, 4) is 11.8 Å². The molecule has 0 saturated carbocycles. The number of likely N-dealkylation sites (tertiary alicyclic amines) is 1. The fourth-order valence-corrected chi connectivity index (χ4v) is 1.77. The van der Waals surface area contributed by atoms with Crippen LogP contribution < -0.4 is 0 Å². The molecule has 5 heteroatoms. The zero-order valence-corrected chi connectivity index (χ0v) is 12.0. The minimum absolute atomic E-state index is 0.265. The average molecular weight is 267 g/mol. The smallest absolute Gasteiger partial charge is 0.411 e. The van der Waals surface area contributed by atoms with Gasteiger partial charge in [0.2, 0.25) is 0 Å². The molecule has 0 aliphatic carbocycles. The van der Waals surface area contributed by atoms with E-state index in [2.05, 4.69) is 11.8 Å². The van der Waals surface area contributed by atoms with Crippen LogP contribution in [0.3, 0.4) is 0 Å². The van der Waals surface area contributed by atoms with E-state index in [1.54, 1.807) is 11.8 Å². The van der Waals surface area contributed by atoms with Crippen molar-refractivity contribution in [2.24, 2.45) is 0 Å². The summed E-state index contributed by atoms with van der Waals surface area (Å²) in [5.74, 6) is 4.64. The highest BCUT2D eigenvalue weighted by atomic mass is 16.6. The predicted octanol–water partition coefficient (Wildman–Crippen LogP) is 1.95. The van der Waals surface area contributed by atoms with Crippen LogP contribution in [-0.4, -0.2) is 41.8 Å². The molecule has 106 valence electrons. The summed E-state index contributed by atoms with van der Waals surface area (Å²) in [6, 6.07) is -0.265. The Kier molecular flexibility index (Phi) is 5.22. The van der Waals surface area contributed by atoms with Gasteiger partial charge in [0.1, 0.15) is 5.60 Å². The molecule has 0 aromatic rings. The summed E-state index contributed by atoms with van der Waals surface area (Å²) in [5, 5.41) is 0. The Hall–Kier alpha value is -1.70. The fraction of sp³-hybridized carbons (Fsp3) is 0.714. The second-order valence-corrected chi connectivity index (χ2v) is 5.32. The van der Waals surface area contributed by atoms with Gasteiger partial charge in [-0.1, -0.05) is 5.92 Å². The molecule has 19 heavy (non-hydrogen) atoms. The van der Waals surface area contributed by atoms with Crippen molar-refractivity contribution in [3.63, 3.8) is 0 Å². The Morgan fingerprint density at radius 3 is 2.63 bits per heavy atom. The molecule has 1 amide bonds. The van der Waals surface area contributed by atoms with Crippen LogP contribution in [0.5, 0.6) is 0 Å². The predicted molar refractivity (Wildman–Crippen MR) is 70.4 cm³/mol. The quantitative estimate of drug-likeness (QED) is 0.414. The molecule has 0 radical (unpaired) electrons. The molecular formula is C14H21NO4.